The van der Waals surface area contributed by atoms with Gasteiger partial charge in [0.25, 0.3) is 0 Å². The van der Waals surface area contributed by atoms with Crippen molar-refractivity contribution in [2.45, 2.75) is 37.8 Å². The quantitative estimate of drug-likeness (QED) is 0.641. The number of para-hydroxylation sites is 1. The van der Waals surface area contributed by atoms with Gasteiger partial charge >= 0.3 is 5.69 Å². The van der Waals surface area contributed by atoms with Crippen molar-refractivity contribution in [1.82, 2.24) is 0 Å². The van der Waals surface area contributed by atoms with Crippen LogP contribution in [-0.2, 0) is 0 Å². The van der Waals surface area contributed by atoms with Gasteiger partial charge < -0.3 is 10.4 Å². The van der Waals surface area contributed by atoms with Crippen LogP contribution in [0.3, 0.4) is 0 Å². The molecule has 6 heteroatoms. The van der Waals surface area contributed by atoms with E-state index in [1.165, 1.54) is 12.1 Å². The smallest absolute Gasteiger partial charge is 0.327 e. The number of hydrogen-bond acceptors (Lipinski definition) is 4. The summed E-state index contributed by atoms with van der Waals surface area (Å²) in [6.45, 7) is 0. The van der Waals surface area contributed by atoms with Gasteiger partial charge in [-0.25, -0.2) is 0 Å². The summed E-state index contributed by atoms with van der Waals surface area (Å²) in [5.74, 6) is -0.865. The Morgan fingerprint density at radius 3 is 2.78 bits per heavy atom. The minimum atomic E-state index is -0.865. The topological polar surface area (TPSA) is 75.4 Å². The number of nitro groups is 1. The van der Waals surface area contributed by atoms with Gasteiger partial charge in [0.05, 0.1) is 17.1 Å². The zero-order chi connectivity index (χ0) is 13.1. The van der Waals surface area contributed by atoms with Gasteiger partial charge in [0, 0.05) is 0 Å². The molecule has 2 atom stereocenters. The summed E-state index contributed by atoms with van der Waals surface area (Å²) in [5, 5.41) is 23.5. The fourth-order valence-corrected chi connectivity index (χ4v) is 2.30. The first-order valence-electron chi connectivity index (χ1n) is 5.97. The highest BCUT2D eigenvalue weighted by molar-refractivity contribution is 5.62. The Hall–Kier alpha value is -1.69. The molecule has 1 aliphatic rings. The highest BCUT2D eigenvalue weighted by Gasteiger charge is 2.27. The molecule has 1 aromatic carbocycles. The van der Waals surface area contributed by atoms with Crippen molar-refractivity contribution in [3.8, 4) is 0 Å². The van der Waals surface area contributed by atoms with E-state index in [1.807, 2.05) is 0 Å². The molecule has 2 rings (SSSR count). The van der Waals surface area contributed by atoms with E-state index in [0.717, 1.165) is 25.3 Å². The van der Waals surface area contributed by atoms with Gasteiger partial charge in [-0.15, -0.1) is 0 Å². The van der Waals surface area contributed by atoms with E-state index in [1.54, 1.807) is 0 Å². The van der Waals surface area contributed by atoms with E-state index in [4.69, 9.17) is 0 Å². The minimum absolute atomic E-state index is 0.131. The molecule has 0 heterocycles. The second-order valence-corrected chi connectivity index (χ2v) is 4.50. The number of rotatable bonds is 3. The highest BCUT2D eigenvalue weighted by atomic mass is 19.1. The number of halogens is 1. The zero-order valence-electron chi connectivity index (χ0n) is 9.80. The SMILES string of the molecule is O=[N+]([O-])c1c(F)cccc1N[C@H]1CCCC[C@@H]1O. The molecular weight excluding hydrogens is 239 g/mol. The van der Waals surface area contributed by atoms with Crippen LogP contribution in [0.4, 0.5) is 15.8 Å². The first kappa shape index (κ1) is 12.8. The third kappa shape index (κ3) is 2.59. The molecule has 0 bridgehead atoms. The lowest BCUT2D eigenvalue weighted by molar-refractivity contribution is -0.386. The number of anilines is 1. The van der Waals surface area contributed by atoms with Crippen molar-refractivity contribution in [3.63, 3.8) is 0 Å². The number of aliphatic hydroxyl groups is 1. The monoisotopic (exact) mass is 254 g/mol. The van der Waals surface area contributed by atoms with E-state index in [-0.39, 0.29) is 11.7 Å². The van der Waals surface area contributed by atoms with Crippen molar-refractivity contribution in [2.75, 3.05) is 5.32 Å². The molecule has 0 spiro atoms. The number of nitro benzene ring substituents is 1. The first-order chi connectivity index (χ1) is 8.59. The molecular formula is C12H15FN2O3. The molecule has 0 aliphatic heterocycles. The van der Waals surface area contributed by atoms with Gasteiger partial charge in [0.15, 0.2) is 0 Å². The summed E-state index contributed by atoms with van der Waals surface area (Å²) < 4.78 is 13.4. The highest BCUT2D eigenvalue weighted by Crippen LogP contribution is 2.30. The fourth-order valence-electron chi connectivity index (χ4n) is 2.30. The summed E-state index contributed by atoms with van der Waals surface area (Å²) in [4.78, 5) is 10.1. The first-order valence-corrected chi connectivity index (χ1v) is 5.97. The van der Waals surface area contributed by atoms with Crippen LogP contribution < -0.4 is 5.32 Å². The van der Waals surface area contributed by atoms with Gasteiger partial charge in [-0.1, -0.05) is 18.9 Å². The van der Waals surface area contributed by atoms with Gasteiger partial charge in [0.1, 0.15) is 5.69 Å². The van der Waals surface area contributed by atoms with Gasteiger partial charge in [0.2, 0.25) is 5.82 Å². The van der Waals surface area contributed by atoms with Crippen LogP contribution in [0.1, 0.15) is 25.7 Å². The molecule has 1 saturated carbocycles. The van der Waals surface area contributed by atoms with Crippen LogP contribution in [-0.4, -0.2) is 22.2 Å². The Balaban J connectivity index is 2.23. The lowest BCUT2D eigenvalue weighted by atomic mass is 9.92. The van der Waals surface area contributed by atoms with E-state index in [9.17, 15) is 19.6 Å². The number of nitrogens with zero attached hydrogens (tertiary/aromatic N) is 1. The summed E-state index contributed by atoms with van der Waals surface area (Å²) >= 11 is 0. The predicted octanol–water partition coefficient (Wildman–Crippen LogP) is 2.45. The maximum atomic E-state index is 13.4. The van der Waals surface area contributed by atoms with Crippen molar-refractivity contribution < 1.29 is 14.4 Å². The Kier molecular flexibility index (Phi) is 3.76. The average Bonchev–Trinajstić information content (AvgIpc) is 2.31. The third-order valence-electron chi connectivity index (χ3n) is 3.24. The number of hydrogen-bond donors (Lipinski definition) is 2. The van der Waals surface area contributed by atoms with Crippen LogP contribution in [0.5, 0.6) is 0 Å². The Morgan fingerprint density at radius 2 is 2.11 bits per heavy atom. The van der Waals surface area contributed by atoms with Crippen molar-refractivity contribution >= 4 is 11.4 Å². The summed E-state index contributed by atoms with van der Waals surface area (Å²) in [6, 6.07) is 3.68. The van der Waals surface area contributed by atoms with Crippen molar-refractivity contribution in [3.05, 3.63) is 34.1 Å². The standard InChI is InChI=1S/C12H15FN2O3/c13-8-4-3-6-10(12(8)15(17)18)14-9-5-1-2-7-11(9)16/h3-4,6,9,11,14,16H,1-2,5,7H2/t9-,11-/m0/s1. The molecule has 5 nitrogen and oxygen atoms in total. The van der Waals surface area contributed by atoms with E-state index >= 15 is 0 Å². The molecule has 98 valence electrons. The molecule has 0 unspecified atom stereocenters. The summed E-state index contributed by atoms with van der Waals surface area (Å²) in [7, 11) is 0. The van der Waals surface area contributed by atoms with Crippen LogP contribution >= 0.6 is 0 Å². The van der Waals surface area contributed by atoms with E-state index < -0.39 is 22.5 Å². The zero-order valence-corrected chi connectivity index (χ0v) is 9.80. The maximum absolute atomic E-state index is 13.4. The van der Waals surface area contributed by atoms with Crippen molar-refractivity contribution in [1.29, 1.82) is 0 Å². The lowest BCUT2D eigenvalue weighted by Gasteiger charge is -2.29. The molecule has 1 aromatic rings. The van der Waals surface area contributed by atoms with Gasteiger partial charge in [-0.3, -0.25) is 10.1 Å². The lowest BCUT2D eigenvalue weighted by Crippen LogP contribution is -2.36. The molecule has 0 amide bonds. The maximum Gasteiger partial charge on any atom is 0.327 e. The van der Waals surface area contributed by atoms with Crippen LogP contribution in [0.15, 0.2) is 18.2 Å². The molecule has 1 fully saturated rings. The normalized spacial score (nSPS) is 23.7. The van der Waals surface area contributed by atoms with Crippen LogP contribution in [0.25, 0.3) is 0 Å². The Bertz CT molecular complexity index is 453. The Labute approximate surface area is 104 Å². The molecule has 2 N–H and O–H groups in total. The number of nitrogens with one attached hydrogen (secondary N) is 1. The van der Waals surface area contributed by atoms with Crippen LogP contribution in [0, 0.1) is 15.9 Å². The number of aliphatic hydroxyl groups excluding tert-OH is 1. The third-order valence-corrected chi connectivity index (χ3v) is 3.24. The summed E-state index contributed by atoms with van der Waals surface area (Å²) in [5.41, 5.74) is -0.429. The molecule has 1 aliphatic carbocycles. The van der Waals surface area contributed by atoms with E-state index in [0.29, 0.717) is 6.42 Å². The van der Waals surface area contributed by atoms with E-state index in [2.05, 4.69) is 5.32 Å². The van der Waals surface area contributed by atoms with Gasteiger partial charge in [-0.2, -0.15) is 4.39 Å². The minimum Gasteiger partial charge on any atom is -0.391 e. The van der Waals surface area contributed by atoms with Crippen molar-refractivity contribution in [2.24, 2.45) is 0 Å². The Morgan fingerprint density at radius 1 is 1.39 bits per heavy atom. The van der Waals surface area contributed by atoms with Crippen LogP contribution in [0.2, 0.25) is 0 Å². The molecule has 0 radical (unpaired) electrons. The largest absolute Gasteiger partial charge is 0.391 e. The summed E-state index contributed by atoms with van der Waals surface area (Å²) in [6.07, 6.45) is 2.76. The molecule has 0 aromatic heterocycles. The predicted molar refractivity (Wildman–Crippen MR) is 64.9 cm³/mol. The second-order valence-electron chi connectivity index (χ2n) is 4.50. The molecule has 0 saturated heterocycles. The number of benzene rings is 1. The average molecular weight is 254 g/mol. The fraction of sp³-hybridized carbons (Fsp3) is 0.500. The van der Waals surface area contributed by atoms with Gasteiger partial charge in [-0.05, 0) is 25.0 Å². The second kappa shape index (κ2) is 5.30. The molecule has 18 heavy (non-hydrogen) atoms.